The molecule has 3 atom stereocenters. The second-order valence-corrected chi connectivity index (χ2v) is 8.26. The van der Waals surface area contributed by atoms with Crippen LogP contribution in [0.3, 0.4) is 0 Å². The Hall–Kier alpha value is -2.05. The predicted octanol–water partition coefficient (Wildman–Crippen LogP) is 3.25. The fourth-order valence-corrected chi connectivity index (χ4v) is 5.37. The van der Waals surface area contributed by atoms with Gasteiger partial charge in [0.25, 0.3) is 0 Å². The van der Waals surface area contributed by atoms with E-state index >= 15 is 0 Å². The number of thioether (sulfide) groups is 1. The van der Waals surface area contributed by atoms with Gasteiger partial charge in [-0.05, 0) is 55.6 Å². The molecule has 0 radical (unpaired) electrons. The highest BCUT2D eigenvalue weighted by molar-refractivity contribution is 8.00. The molecule has 5 nitrogen and oxygen atoms in total. The molecule has 4 rings (SSSR count). The lowest BCUT2D eigenvalue weighted by Crippen LogP contribution is -2.50. The highest BCUT2D eigenvalue weighted by Crippen LogP contribution is 2.41. The van der Waals surface area contributed by atoms with E-state index in [1.165, 1.54) is 16.7 Å². The van der Waals surface area contributed by atoms with Crippen molar-refractivity contribution in [1.29, 1.82) is 0 Å². The van der Waals surface area contributed by atoms with E-state index in [1.54, 1.807) is 11.8 Å². The van der Waals surface area contributed by atoms with E-state index in [2.05, 4.69) is 64.8 Å². The van der Waals surface area contributed by atoms with Crippen molar-refractivity contribution >= 4 is 17.8 Å². The van der Waals surface area contributed by atoms with Crippen LogP contribution < -0.4 is 10.6 Å². The Kier molecular flexibility index (Phi) is 4.63. The topological polar surface area (TPSA) is 57.3 Å². The highest BCUT2D eigenvalue weighted by Gasteiger charge is 2.43. The number of nitrogens with one attached hydrogen (secondary N) is 2. The summed E-state index contributed by atoms with van der Waals surface area (Å²) in [4.78, 5) is 18.9. The molecule has 1 saturated heterocycles. The van der Waals surface area contributed by atoms with Gasteiger partial charge in [-0.25, -0.2) is 4.79 Å². The maximum atomic E-state index is 12.6. The lowest BCUT2D eigenvalue weighted by molar-refractivity contribution is 0.149. The third-order valence-electron chi connectivity index (χ3n) is 5.65. The number of carbonyl (C=O) groups excluding carboxylic acids is 1. The lowest BCUT2D eigenvalue weighted by Gasteiger charge is -2.34. The number of amides is 2. The van der Waals surface area contributed by atoms with E-state index in [0.717, 1.165) is 18.6 Å². The van der Waals surface area contributed by atoms with Crippen LogP contribution in [-0.2, 0) is 12.0 Å². The minimum atomic E-state index is -0.120. The number of pyridine rings is 1. The maximum absolute atomic E-state index is 12.6. The summed E-state index contributed by atoms with van der Waals surface area (Å²) in [6, 6.07) is 12.5. The Morgan fingerprint density at radius 2 is 2.00 bits per heavy atom. The van der Waals surface area contributed by atoms with Crippen LogP contribution in [0.15, 0.2) is 48.8 Å². The van der Waals surface area contributed by atoms with Crippen LogP contribution in [0.4, 0.5) is 4.79 Å². The minimum Gasteiger partial charge on any atom is -0.331 e. The van der Waals surface area contributed by atoms with Crippen molar-refractivity contribution in [2.45, 2.75) is 36.8 Å². The number of nitrogens with zero attached hydrogens (tertiary/aromatic N) is 2. The molecule has 2 aliphatic rings. The van der Waals surface area contributed by atoms with Crippen molar-refractivity contribution in [3.05, 3.63) is 65.5 Å². The fourth-order valence-electron chi connectivity index (χ4n) is 3.87. The average Bonchev–Trinajstić information content (AvgIpc) is 3.20. The first-order valence-corrected chi connectivity index (χ1v) is 10.0. The minimum absolute atomic E-state index is 0.0511. The molecule has 2 aromatic rings. The molecule has 2 N–H and O–H groups in total. The van der Waals surface area contributed by atoms with Crippen LogP contribution in [0.5, 0.6) is 0 Å². The third-order valence-corrected chi connectivity index (χ3v) is 7.13. The molecule has 1 fully saturated rings. The zero-order valence-electron chi connectivity index (χ0n) is 15.1. The van der Waals surface area contributed by atoms with E-state index in [4.69, 9.17) is 0 Å². The normalized spacial score (nSPS) is 27.9. The van der Waals surface area contributed by atoms with Crippen molar-refractivity contribution in [2.24, 2.45) is 0 Å². The Labute approximate surface area is 158 Å². The third kappa shape index (κ3) is 3.08. The molecule has 0 saturated carbocycles. The van der Waals surface area contributed by atoms with Gasteiger partial charge in [-0.1, -0.05) is 24.3 Å². The van der Waals surface area contributed by atoms with Gasteiger partial charge in [0.1, 0.15) is 5.50 Å². The summed E-state index contributed by atoms with van der Waals surface area (Å²) in [6.07, 6.45) is 5.64. The van der Waals surface area contributed by atoms with Crippen molar-refractivity contribution in [1.82, 2.24) is 20.5 Å². The van der Waals surface area contributed by atoms with Gasteiger partial charge in [0.2, 0.25) is 0 Å². The zero-order chi connectivity index (χ0) is 18.1. The van der Waals surface area contributed by atoms with Gasteiger partial charge in [-0.15, -0.1) is 11.8 Å². The molecule has 3 unspecified atom stereocenters. The molecule has 2 heterocycles. The number of fused-ring (bicyclic) bond motifs is 1. The van der Waals surface area contributed by atoms with Gasteiger partial charge in [0.15, 0.2) is 0 Å². The van der Waals surface area contributed by atoms with E-state index in [-0.39, 0.29) is 23.1 Å². The number of hydrogen-bond donors (Lipinski definition) is 2. The number of hydrogen-bond acceptors (Lipinski definition) is 4. The van der Waals surface area contributed by atoms with E-state index in [1.807, 2.05) is 18.5 Å². The standard InChI is InChI=1S/C20H24N4OS/c1-20(15-9-11-21-12-10-15)13-26-19(24(20)2)23-18(25)22-17-8-7-14-5-3-4-6-16(14)17/h3-6,9-12,17,19H,7-8,13H2,1-2H3,(H2,22,23,25). The molecule has 136 valence electrons. The highest BCUT2D eigenvalue weighted by atomic mass is 32.2. The largest absolute Gasteiger partial charge is 0.331 e. The van der Waals surface area contributed by atoms with Crippen LogP contribution in [0.2, 0.25) is 0 Å². The summed E-state index contributed by atoms with van der Waals surface area (Å²) in [5, 5.41) is 6.28. The van der Waals surface area contributed by atoms with Gasteiger partial charge in [-0.2, -0.15) is 0 Å². The van der Waals surface area contributed by atoms with Crippen molar-refractivity contribution in [3.63, 3.8) is 0 Å². The maximum Gasteiger partial charge on any atom is 0.317 e. The summed E-state index contributed by atoms with van der Waals surface area (Å²) in [6.45, 7) is 2.21. The molecule has 6 heteroatoms. The van der Waals surface area contributed by atoms with Crippen molar-refractivity contribution < 1.29 is 4.79 Å². The SMILES string of the molecule is CN1C(NC(=O)NC2CCc3ccccc32)SCC1(C)c1ccncc1. The van der Waals surface area contributed by atoms with E-state index in [9.17, 15) is 4.79 Å². The molecule has 1 aliphatic heterocycles. The first-order valence-electron chi connectivity index (χ1n) is 8.98. The number of carbonyl (C=O) groups is 1. The Morgan fingerprint density at radius 1 is 1.23 bits per heavy atom. The van der Waals surface area contributed by atoms with Gasteiger partial charge in [-0.3, -0.25) is 9.88 Å². The molecule has 1 aliphatic carbocycles. The molecule has 26 heavy (non-hydrogen) atoms. The number of aryl methyl sites for hydroxylation is 1. The summed E-state index contributed by atoms with van der Waals surface area (Å²) in [5.74, 6) is 0.921. The van der Waals surface area contributed by atoms with Crippen LogP contribution in [-0.4, -0.2) is 34.2 Å². The van der Waals surface area contributed by atoms with Gasteiger partial charge in [0.05, 0.1) is 11.6 Å². The average molecular weight is 369 g/mol. The van der Waals surface area contributed by atoms with E-state index in [0.29, 0.717) is 0 Å². The summed E-state index contributed by atoms with van der Waals surface area (Å²) in [7, 11) is 2.07. The molecule has 1 aromatic carbocycles. The van der Waals surface area contributed by atoms with Crippen LogP contribution >= 0.6 is 11.8 Å². The van der Waals surface area contributed by atoms with Crippen LogP contribution in [0.25, 0.3) is 0 Å². The first kappa shape index (κ1) is 17.4. The quantitative estimate of drug-likeness (QED) is 0.873. The number of urea groups is 1. The first-order chi connectivity index (χ1) is 12.6. The molecule has 2 amide bonds. The summed E-state index contributed by atoms with van der Waals surface area (Å²) < 4.78 is 0. The second kappa shape index (κ2) is 6.93. The molecule has 0 bridgehead atoms. The van der Waals surface area contributed by atoms with Crippen LogP contribution in [0.1, 0.15) is 36.1 Å². The number of aromatic nitrogens is 1. The zero-order valence-corrected chi connectivity index (χ0v) is 15.9. The summed E-state index contributed by atoms with van der Waals surface area (Å²) in [5.41, 5.74) is 3.64. The molecule has 1 aromatic heterocycles. The Balaban J connectivity index is 1.40. The van der Waals surface area contributed by atoms with Crippen LogP contribution in [0, 0.1) is 0 Å². The number of benzene rings is 1. The predicted molar refractivity (Wildman–Crippen MR) is 105 cm³/mol. The molecule has 0 spiro atoms. The van der Waals surface area contributed by atoms with Crippen molar-refractivity contribution in [3.8, 4) is 0 Å². The summed E-state index contributed by atoms with van der Waals surface area (Å²) >= 11 is 1.76. The molecular formula is C20H24N4OS. The Bertz CT molecular complexity index is 799. The number of rotatable bonds is 3. The Morgan fingerprint density at radius 3 is 2.81 bits per heavy atom. The lowest BCUT2D eigenvalue weighted by atomic mass is 9.94. The van der Waals surface area contributed by atoms with E-state index < -0.39 is 0 Å². The second-order valence-electron chi connectivity index (χ2n) is 7.19. The van der Waals surface area contributed by atoms with Gasteiger partial charge in [0, 0.05) is 18.1 Å². The monoisotopic (exact) mass is 368 g/mol. The fraction of sp³-hybridized carbons (Fsp3) is 0.400. The van der Waals surface area contributed by atoms with Crippen molar-refractivity contribution in [2.75, 3.05) is 12.8 Å². The van der Waals surface area contributed by atoms with Gasteiger partial charge < -0.3 is 10.6 Å². The smallest absolute Gasteiger partial charge is 0.317 e. The molecular weight excluding hydrogens is 344 g/mol. The van der Waals surface area contributed by atoms with Gasteiger partial charge >= 0.3 is 6.03 Å².